The van der Waals surface area contributed by atoms with E-state index in [-0.39, 0.29) is 11.5 Å². The number of nitrogens with zero attached hydrogens (tertiary/aromatic N) is 5. The van der Waals surface area contributed by atoms with E-state index in [1.165, 1.54) is 4.40 Å². The van der Waals surface area contributed by atoms with Crippen LogP contribution in [0.4, 0.5) is 0 Å². The van der Waals surface area contributed by atoms with Gasteiger partial charge in [0.25, 0.3) is 11.5 Å². The van der Waals surface area contributed by atoms with E-state index < -0.39 is 0 Å². The molecule has 0 aliphatic rings. The molecule has 0 spiro atoms. The van der Waals surface area contributed by atoms with Crippen molar-refractivity contribution < 1.29 is 4.79 Å². The van der Waals surface area contributed by atoms with E-state index in [1.807, 2.05) is 29.0 Å². The predicted octanol–water partition coefficient (Wildman–Crippen LogP) is 3.72. The largest absolute Gasteiger partial charge is 0.342 e. The Bertz CT molecular complexity index is 1270. The third-order valence-corrected chi connectivity index (χ3v) is 5.61. The first kappa shape index (κ1) is 20.8. The number of benzene rings is 1. The highest BCUT2D eigenvalue weighted by Crippen LogP contribution is 2.19. The molecule has 0 fully saturated rings. The number of hydrogen-bond acceptors (Lipinski definition) is 4. The Hall–Kier alpha value is -3.48. The molecule has 0 unspecified atom stereocenters. The van der Waals surface area contributed by atoms with Crippen LogP contribution in [0.25, 0.3) is 16.6 Å². The predicted molar refractivity (Wildman–Crippen MR) is 121 cm³/mol. The summed E-state index contributed by atoms with van der Waals surface area (Å²) in [4.78, 5) is 36.4. The Morgan fingerprint density at radius 3 is 2.74 bits per heavy atom. The van der Waals surface area contributed by atoms with Crippen LogP contribution in [0.2, 0.25) is 0 Å². The van der Waals surface area contributed by atoms with E-state index in [0.29, 0.717) is 34.6 Å². The number of aromatic nitrogens is 4. The molecule has 0 aliphatic carbocycles. The van der Waals surface area contributed by atoms with Crippen LogP contribution in [0, 0.1) is 0 Å². The third-order valence-electron chi connectivity index (χ3n) is 5.61. The van der Waals surface area contributed by atoms with Gasteiger partial charge in [0, 0.05) is 38.7 Å². The first-order chi connectivity index (χ1) is 14.9. The van der Waals surface area contributed by atoms with Crippen LogP contribution in [0.15, 0.2) is 60.0 Å². The number of carbonyl (C=O) groups is 1. The summed E-state index contributed by atoms with van der Waals surface area (Å²) in [5.41, 5.74) is 2.62. The summed E-state index contributed by atoms with van der Waals surface area (Å²) in [5, 5.41) is 0.571. The molecule has 4 rings (SSSR count). The number of hydrogen-bond donors (Lipinski definition) is 0. The van der Waals surface area contributed by atoms with Gasteiger partial charge in [0.1, 0.15) is 5.65 Å². The maximum Gasteiger partial charge on any atom is 0.265 e. The molecule has 0 saturated heterocycles. The van der Waals surface area contributed by atoms with Gasteiger partial charge in [-0.1, -0.05) is 19.9 Å². The van der Waals surface area contributed by atoms with Gasteiger partial charge in [-0.25, -0.2) is 9.97 Å². The monoisotopic (exact) mass is 417 g/mol. The Morgan fingerprint density at radius 1 is 1.16 bits per heavy atom. The van der Waals surface area contributed by atoms with Gasteiger partial charge in [0.15, 0.2) is 0 Å². The standard InChI is InChI=1S/C24H27N5O2/c1-17(2)18-6-8-21-20(14-18)24(31)29-15-19(7-9-22(29)26-21)23(30)27(3)11-4-5-12-28-13-10-25-16-28/h6-10,13-17H,4-5,11-12H2,1-3H3. The zero-order chi connectivity index (χ0) is 22.0. The molecule has 7 nitrogen and oxygen atoms in total. The minimum absolute atomic E-state index is 0.104. The lowest BCUT2D eigenvalue weighted by Gasteiger charge is -2.17. The number of aryl methyl sites for hydroxylation is 1. The molecule has 0 atom stereocenters. The fraction of sp³-hybridized carbons (Fsp3) is 0.333. The van der Waals surface area contributed by atoms with Gasteiger partial charge < -0.3 is 9.47 Å². The quantitative estimate of drug-likeness (QED) is 0.339. The fourth-order valence-corrected chi connectivity index (χ4v) is 3.69. The summed E-state index contributed by atoms with van der Waals surface area (Å²) >= 11 is 0. The Balaban J connectivity index is 1.54. The second-order valence-electron chi connectivity index (χ2n) is 8.23. The van der Waals surface area contributed by atoms with Crippen LogP contribution >= 0.6 is 0 Å². The van der Waals surface area contributed by atoms with E-state index in [9.17, 15) is 9.59 Å². The Kier molecular flexibility index (Phi) is 5.84. The summed E-state index contributed by atoms with van der Waals surface area (Å²) in [6.45, 7) is 5.71. The molecule has 31 heavy (non-hydrogen) atoms. The van der Waals surface area contributed by atoms with Gasteiger partial charge in [-0.15, -0.1) is 0 Å². The van der Waals surface area contributed by atoms with Crippen molar-refractivity contribution in [3.05, 3.63) is 76.7 Å². The van der Waals surface area contributed by atoms with Crippen LogP contribution in [-0.4, -0.2) is 43.3 Å². The highest BCUT2D eigenvalue weighted by molar-refractivity contribution is 5.94. The van der Waals surface area contributed by atoms with Crippen molar-refractivity contribution in [1.82, 2.24) is 23.8 Å². The maximum absolute atomic E-state index is 13.1. The van der Waals surface area contributed by atoms with Crippen LogP contribution in [0.3, 0.4) is 0 Å². The molecule has 160 valence electrons. The number of carbonyl (C=O) groups excluding carboxylic acids is 1. The lowest BCUT2D eigenvalue weighted by molar-refractivity contribution is 0.0792. The van der Waals surface area contributed by atoms with E-state index in [1.54, 1.807) is 42.8 Å². The molecular weight excluding hydrogens is 390 g/mol. The van der Waals surface area contributed by atoms with E-state index in [4.69, 9.17) is 0 Å². The third kappa shape index (κ3) is 4.35. The number of amides is 1. The van der Waals surface area contributed by atoms with Crippen molar-refractivity contribution in [2.24, 2.45) is 0 Å². The Morgan fingerprint density at radius 2 is 2.00 bits per heavy atom. The van der Waals surface area contributed by atoms with Gasteiger partial charge in [0.05, 0.1) is 22.8 Å². The molecule has 3 heterocycles. The molecule has 0 saturated carbocycles. The van der Waals surface area contributed by atoms with Gasteiger partial charge in [-0.3, -0.25) is 14.0 Å². The summed E-state index contributed by atoms with van der Waals surface area (Å²) in [6.07, 6.45) is 8.94. The summed E-state index contributed by atoms with van der Waals surface area (Å²) in [7, 11) is 1.79. The van der Waals surface area contributed by atoms with Gasteiger partial charge in [-0.2, -0.15) is 0 Å². The first-order valence-corrected chi connectivity index (χ1v) is 10.6. The minimum atomic E-state index is -0.153. The number of pyridine rings is 1. The summed E-state index contributed by atoms with van der Waals surface area (Å²) in [5.74, 6) is 0.215. The van der Waals surface area contributed by atoms with Crippen molar-refractivity contribution in [3.63, 3.8) is 0 Å². The second kappa shape index (κ2) is 8.71. The average Bonchev–Trinajstić information content (AvgIpc) is 3.29. The number of imidazole rings is 1. The molecular formula is C24H27N5O2. The van der Waals surface area contributed by atoms with Crippen LogP contribution < -0.4 is 5.56 Å². The molecule has 0 radical (unpaired) electrons. The van der Waals surface area contributed by atoms with E-state index in [2.05, 4.69) is 23.8 Å². The molecule has 7 heteroatoms. The number of unbranched alkanes of at least 4 members (excludes halogenated alkanes) is 1. The average molecular weight is 418 g/mol. The number of fused-ring (bicyclic) bond motifs is 2. The zero-order valence-corrected chi connectivity index (χ0v) is 18.2. The van der Waals surface area contributed by atoms with Crippen molar-refractivity contribution in [2.75, 3.05) is 13.6 Å². The topological polar surface area (TPSA) is 72.5 Å². The zero-order valence-electron chi connectivity index (χ0n) is 18.2. The van der Waals surface area contributed by atoms with Gasteiger partial charge in [0.2, 0.25) is 0 Å². The highest BCUT2D eigenvalue weighted by atomic mass is 16.2. The molecule has 1 aromatic carbocycles. The smallest absolute Gasteiger partial charge is 0.265 e. The molecule has 0 bridgehead atoms. The van der Waals surface area contributed by atoms with Gasteiger partial charge >= 0.3 is 0 Å². The summed E-state index contributed by atoms with van der Waals surface area (Å²) < 4.78 is 3.51. The second-order valence-corrected chi connectivity index (χ2v) is 8.23. The molecule has 4 aromatic rings. The Labute approximate surface area is 181 Å². The maximum atomic E-state index is 13.1. The van der Waals surface area contributed by atoms with Crippen molar-refractivity contribution in [3.8, 4) is 0 Å². The van der Waals surface area contributed by atoms with E-state index in [0.717, 1.165) is 24.9 Å². The van der Waals surface area contributed by atoms with Crippen LogP contribution in [0.5, 0.6) is 0 Å². The molecule has 3 aromatic heterocycles. The lowest BCUT2D eigenvalue weighted by atomic mass is 10.0. The van der Waals surface area contributed by atoms with Crippen molar-refractivity contribution in [1.29, 1.82) is 0 Å². The van der Waals surface area contributed by atoms with Crippen LogP contribution in [0.1, 0.15) is 48.5 Å². The van der Waals surface area contributed by atoms with Crippen molar-refractivity contribution in [2.45, 2.75) is 39.2 Å². The van der Waals surface area contributed by atoms with Gasteiger partial charge in [-0.05, 0) is 48.6 Å². The van der Waals surface area contributed by atoms with E-state index >= 15 is 0 Å². The molecule has 1 amide bonds. The minimum Gasteiger partial charge on any atom is -0.342 e. The SMILES string of the molecule is CC(C)c1ccc2nc3ccc(C(=O)N(C)CCCCn4ccnc4)cn3c(=O)c2c1. The first-order valence-electron chi connectivity index (χ1n) is 10.6. The molecule has 0 N–H and O–H groups in total. The normalized spacial score (nSPS) is 11.5. The summed E-state index contributed by atoms with van der Waals surface area (Å²) in [6, 6.07) is 9.28. The van der Waals surface area contributed by atoms with Crippen molar-refractivity contribution >= 4 is 22.5 Å². The fourth-order valence-electron chi connectivity index (χ4n) is 3.69. The highest BCUT2D eigenvalue weighted by Gasteiger charge is 2.14. The van der Waals surface area contributed by atoms with Crippen LogP contribution in [-0.2, 0) is 6.54 Å². The molecule has 0 aliphatic heterocycles. The number of rotatable bonds is 7. The lowest BCUT2D eigenvalue weighted by Crippen LogP contribution is -2.28.